The number of thiazole rings is 1. The molecule has 20 heavy (non-hydrogen) atoms. The Balaban J connectivity index is 1.57. The number of anilines is 2. The molecular weight excluding hydrogens is 270 g/mol. The van der Waals surface area contributed by atoms with Crippen molar-refractivity contribution < 1.29 is 4.79 Å². The molecule has 1 N–H and O–H groups in total. The number of nitrogens with zero attached hydrogens (tertiary/aromatic N) is 2. The Labute approximate surface area is 122 Å². The number of rotatable bonds is 5. The minimum Gasteiger partial charge on any atom is -0.362 e. The van der Waals surface area contributed by atoms with E-state index in [1.54, 1.807) is 11.3 Å². The van der Waals surface area contributed by atoms with Gasteiger partial charge in [-0.15, -0.1) is 0 Å². The van der Waals surface area contributed by atoms with E-state index >= 15 is 0 Å². The van der Waals surface area contributed by atoms with Crippen LogP contribution in [0.15, 0.2) is 36.5 Å². The van der Waals surface area contributed by atoms with Crippen molar-refractivity contribution in [3.63, 3.8) is 0 Å². The van der Waals surface area contributed by atoms with Gasteiger partial charge >= 0.3 is 0 Å². The van der Waals surface area contributed by atoms with E-state index in [1.165, 1.54) is 17.8 Å². The number of aromatic nitrogens is 1. The number of hydrogen-bond acceptors (Lipinski definition) is 5. The normalized spacial score (nSPS) is 14.5. The molecule has 1 saturated heterocycles. The number of carbonyl (C=O) groups is 1. The standard InChI is InChI=1S/C15H17N3OS/c19-13(12-6-2-1-3-7-12)10-16-15-17-11-14(20-15)18-8-4-5-9-18/h1-3,6-7,11H,4-5,8-10H2,(H,16,17). The van der Waals surface area contributed by atoms with Crippen LogP contribution in [0.1, 0.15) is 23.2 Å². The summed E-state index contributed by atoms with van der Waals surface area (Å²) in [6.07, 6.45) is 4.41. The smallest absolute Gasteiger partial charge is 0.184 e. The summed E-state index contributed by atoms with van der Waals surface area (Å²) in [4.78, 5) is 18.7. The van der Waals surface area contributed by atoms with Gasteiger partial charge in [0.2, 0.25) is 0 Å². The monoisotopic (exact) mass is 287 g/mol. The Kier molecular flexibility index (Phi) is 3.97. The molecule has 0 spiro atoms. The van der Waals surface area contributed by atoms with Crippen LogP contribution in [0.5, 0.6) is 0 Å². The Morgan fingerprint density at radius 3 is 2.75 bits per heavy atom. The number of hydrogen-bond donors (Lipinski definition) is 1. The summed E-state index contributed by atoms with van der Waals surface area (Å²) in [6.45, 7) is 2.52. The molecular formula is C15H17N3OS. The highest BCUT2D eigenvalue weighted by molar-refractivity contribution is 7.19. The Bertz CT molecular complexity index is 576. The maximum atomic E-state index is 12.0. The number of carbonyl (C=O) groups excluding carboxylic acids is 1. The quantitative estimate of drug-likeness (QED) is 0.859. The molecule has 0 amide bonds. The lowest BCUT2D eigenvalue weighted by Gasteiger charge is -2.12. The first-order chi connectivity index (χ1) is 9.83. The van der Waals surface area contributed by atoms with Crippen LogP contribution in [-0.4, -0.2) is 30.4 Å². The first-order valence-corrected chi connectivity index (χ1v) is 7.67. The van der Waals surface area contributed by atoms with Gasteiger partial charge in [0, 0.05) is 18.7 Å². The molecule has 2 aromatic rings. The van der Waals surface area contributed by atoms with Gasteiger partial charge in [0.05, 0.1) is 12.7 Å². The topological polar surface area (TPSA) is 45.2 Å². The fraction of sp³-hybridized carbons (Fsp3) is 0.333. The van der Waals surface area contributed by atoms with E-state index < -0.39 is 0 Å². The molecule has 0 radical (unpaired) electrons. The van der Waals surface area contributed by atoms with E-state index in [9.17, 15) is 4.79 Å². The minimum absolute atomic E-state index is 0.0866. The lowest BCUT2D eigenvalue weighted by molar-refractivity contribution is 0.101. The van der Waals surface area contributed by atoms with E-state index in [0.717, 1.165) is 23.8 Å². The van der Waals surface area contributed by atoms with Crippen molar-refractivity contribution in [1.29, 1.82) is 0 Å². The highest BCUT2D eigenvalue weighted by Gasteiger charge is 2.15. The molecule has 1 aliphatic heterocycles. The lowest BCUT2D eigenvalue weighted by atomic mass is 10.1. The molecule has 0 atom stereocenters. The number of Topliss-reactive ketones (excluding diaryl/α,β-unsaturated/α-hetero) is 1. The zero-order chi connectivity index (χ0) is 13.8. The van der Waals surface area contributed by atoms with Crippen LogP contribution in [0.4, 0.5) is 10.1 Å². The van der Waals surface area contributed by atoms with Crippen LogP contribution in [0.25, 0.3) is 0 Å². The van der Waals surface area contributed by atoms with Gasteiger partial charge < -0.3 is 10.2 Å². The second kappa shape index (κ2) is 6.05. The fourth-order valence-electron chi connectivity index (χ4n) is 2.31. The van der Waals surface area contributed by atoms with Crippen molar-refractivity contribution >= 4 is 27.3 Å². The average Bonchev–Trinajstić information content (AvgIpc) is 3.16. The summed E-state index contributed by atoms with van der Waals surface area (Å²) in [5, 5.41) is 5.13. The largest absolute Gasteiger partial charge is 0.362 e. The van der Waals surface area contributed by atoms with Crippen LogP contribution in [0, 0.1) is 0 Å². The average molecular weight is 287 g/mol. The summed E-state index contributed by atoms with van der Waals surface area (Å²) in [7, 11) is 0. The Morgan fingerprint density at radius 1 is 1.25 bits per heavy atom. The van der Waals surface area contributed by atoms with Crippen molar-refractivity contribution in [2.24, 2.45) is 0 Å². The predicted molar refractivity (Wildman–Crippen MR) is 82.8 cm³/mol. The van der Waals surface area contributed by atoms with Gasteiger partial charge in [-0.1, -0.05) is 41.7 Å². The van der Waals surface area contributed by atoms with Crippen LogP contribution in [-0.2, 0) is 0 Å². The zero-order valence-corrected chi connectivity index (χ0v) is 12.0. The third-order valence-corrected chi connectivity index (χ3v) is 4.42. The van der Waals surface area contributed by atoms with E-state index in [4.69, 9.17) is 0 Å². The first kappa shape index (κ1) is 13.1. The van der Waals surface area contributed by atoms with Gasteiger partial charge in [-0.2, -0.15) is 0 Å². The van der Waals surface area contributed by atoms with E-state index in [1.807, 2.05) is 36.5 Å². The number of nitrogens with one attached hydrogen (secondary N) is 1. The molecule has 0 saturated carbocycles. The van der Waals surface area contributed by atoms with Gasteiger partial charge in [-0.05, 0) is 12.8 Å². The van der Waals surface area contributed by atoms with Gasteiger partial charge in [0.15, 0.2) is 10.9 Å². The predicted octanol–water partition coefficient (Wildman–Crippen LogP) is 3.04. The maximum absolute atomic E-state index is 12.0. The summed E-state index contributed by atoms with van der Waals surface area (Å²) < 4.78 is 0. The zero-order valence-electron chi connectivity index (χ0n) is 11.2. The Hall–Kier alpha value is -1.88. The third-order valence-electron chi connectivity index (χ3n) is 3.41. The van der Waals surface area contributed by atoms with Crippen molar-refractivity contribution in [1.82, 2.24) is 4.98 Å². The summed E-state index contributed by atoms with van der Waals surface area (Å²) in [5.41, 5.74) is 0.733. The highest BCUT2D eigenvalue weighted by atomic mass is 32.1. The second-order valence-corrected chi connectivity index (χ2v) is 5.85. The van der Waals surface area contributed by atoms with Crippen LogP contribution in [0.2, 0.25) is 0 Å². The second-order valence-electron chi connectivity index (χ2n) is 4.84. The molecule has 0 aliphatic carbocycles. The summed E-state index contributed by atoms with van der Waals surface area (Å²) in [5.74, 6) is 0.0866. The lowest BCUT2D eigenvalue weighted by Crippen LogP contribution is -2.15. The van der Waals surface area contributed by atoms with Gasteiger partial charge in [-0.3, -0.25) is 4.79 Å². The number of benzene rings is 1. The van der Waals surface area contributed by atoms with Crippen molar-refractivity contribution in [2.45, 2.75) is 12.8 Å². The molecule has 5 heteroatoms. The molecule has 3 rings (SSSR count). The van der Waals surface area contributed by atoms with Crippen molar-refractivity contribution in [3.8, 4) is 0 Å². The van der Waals surface area contributed by atoms with Crippen molar-refractivity contribution in [3.05, 3.63) is 42.1 Å². The third kappa shape index (κ3) is 2.99. The number of ketones is 1. The van der Waals surface area contributed by atoms with Crippen LogP contribution in [0.3, 0.4) is 0 Å². The van der Waals surface area contributed by atoms with Crippen LogP contribution < -0.4 is 10.2 Å². The van der Waals surface area contributed by atoms with E-state index in [0.29, 0.717) is 0 Å². The highest BCUT2D eigenvalue weighted by Crippen LogP contribution is 2.29. The molecule has 2 heterocycles. The Morgan fingerprint density at radius 2 is 2.00 bits per heavy atom. The first-order valence-electron chi connectivity index (χ1n) is 6.86. The molecule has 1 aromatic carbocycles. The molecule has 104 valence electrons. The molecule has 4 nitrogen and oxygen atoms in total. The van der Waals surface area contributed by atoms with Gasteiger partial charge in [0.1, 0.15) is 5.00 Å². The summed E-state index contributed by atoms with van der Waals surface area (Å²) in [6, 6.07) is 9.33. The van der Waals surface area contributed by atoms with E-state index in [2.05, 4.69) is 15.2 Å². The molecule has 0 bridgehead atoms. The maximum Gasteiger partial charge on any atom is 0.184 e. The van der Waals surface area contributed by atoms with E-state index in [-0.39, 0.29) is 12.3 Å². The molecule has 1 aliphatic rings. The molecule has 1 aromatic heterocycles. The summed E-state index contributed by atoms with van der Waals surface area (Å²) >= 11 is 1.62. The SMILES string of the molecule is O=C(CNc1ncc(N2CCCC2)s1)c1ccccc1. The van der Waals surface area contributed by atoms with Gasteiger partial charge in [0.25, 0.3) is 0 Å². The molecule has 1 fully saturated rings. The van der Waals surface area contributed by atoms with Crippen LogP contribution >= 0.6 is 11.3 Å². The van der Waals surface area contributed by atoms with Crippen molar-refractivity contribution in [2.75, 3.05) is 29.9 Å². The minimum atomic E-state index is 0.0866. The molecule has 0 unspecified atom stereocenters. The van der Waals surface area contributed by atoms with Gasteiger partial charge in [-0.25, -0.2) is 4.98 Å². The fourth-order valence-corrected chi connectivity index (χ4v) is 3.18.